The minimum absolute atomic E-state index is 0.0221. The van der Waals surface area contributed by atoms with Crippen LogP contribution in [-0.2, 0) is 6.18 Å². The molecule has 0 saturated heterocycles. The fraction of sp³-hybridized carbons (Fsp3) is 0.364. The molecule has 0 radical (unpaired) electrons. The van der Waals surface area contributed by atoms with Crippen molar-refractivity contribution in [2.45, 2.75) is 12.6 Å². The first-order valence-electron chi connectivity index (χ1n) is 5.04. The second kappa shape index (κ2) is 5.72. The second-order valence-electron chi connectivity index (χ2n) is 3.44. The average Bonchev–Trinajstić information content (AvgIpc) is 2.27. The van der Waals surface area contributed by atoms with Crippen LogP contribution in [0.5, 0.6) is 5.75 Å². The summed E-state index contributed by atoms with van der Waals surface area (Å²) in [5, 5.41) is 17.2. The van der Waals surface area contributed by atoms with Crippen molar-refractivity contribution >= 4 is 5.97 Å². The van der Waals surface area contributed by atoms with E-state index in [0.29, 0.717) is 12.5 Å². The van der Waals surface area contributed by atoms with Gasteiger partial charge in [-0.05, 0) is 18.2 Å². The lowest BCUT2D eigenvalue weighted by Crippen LogP contribution is -2.13. The molecule has 0 unspecified atom stereocenters. The highest BCUT2D eigenvalue weighted by Gasteiger charge is 2.35. The number of carboxylic acid groups (broad SMARTS) is 1. The molecule has 0 bridgehead atoms. The first kappa shape index (κ1) is 14.3. The Hall–Kier alpha value is -1.76. The Morgan fingerprint density at radius 2 is 2.00 bits per heavy atom. The molecule has 0 fully saturated rings. The van der Waals surface area contributed by atoms with Gasteiger partial charge in [0.25, 0.3) is 0 Å². The van der Waals surface area contributed by atoms with Crippen molar-refractivity contribution < 1.29 is 32.9 Å². The molecule has 1 aromatic carbocycles. The first-order chi connectivity index (χ1) is 8.36. The predicted molar refractivity (Wildman–Crippen MR) is 55.6 cm³/mol. The molecule has 0 heterocycles. The van der Waals surface area contributed by atoms with Gasteiger partial charge in [-0.15, -0.1) is 0 Å². The number of carbonyl (C=O) groups is 1. The first-order valence-corrected chi connectivity index (χ1v) is 5.04. The number of alkyl halides is 3. The van der Waals surface area contributed by atoms with Gasteiger partial charge in [-0.1, -0.05) is 0 Å². The van der Waals surface area contributed by atoms with Crippen LogP contribution in [0.25, 0.3) is 0 Å². The van der Waals surface area contributed by atoms with Gasteiger partial charge in [-0.3, -0.25) is 0 Å². The smallest absolute Gasteiger partial charge is 0.417 e. The van der Waals surface area contributed by atoms with Crippen LogP contribution < -0.4 is 4.74 Å². The van der Waals surface area contributed by atoms with E-state index in [2.05, 4.69) is 0 Å². The second-order valence-corrected chi connectivity index (χ2v) is 3.44. The molecule has 0 amide bonds. The summed E-state index contributed by atoms with van der Waals surface area (Å²) in [5.74, 6) is -1.65. The summed E-state index contributed by atoms with van der Waals surface area (Å²) in [6.07, 6.45) is -4.42. The maximum Gasteiger partial charge on any atom is 0.417 e. The highest BCUT2D eigenvalue weighted by molar-refractivity contribution is 5.90. The minimum atomic E-state index is -4.72. The number of hydrogen-bond acceptors (Lipinski definition) is 3. The van der Waals surface area contributed by atoms with Gasteiger partial charge in [0.15, 0.2) is 0 Å². The zero-order valence-electron chi connectivity index (χ0n) is 9.20. The van der Waals surface area contributed by atoms with E-state index in [0.717, 1.165) is 12.1 Å². The lowest BCUT2D eigenvalue weighted by molar-refractivity contribution is -0.138. The lowest BCUT2D eigenvalue weighted by atomic mass is 10.1. The highest BCUT2D eigenvalue weighted by atomic mass is 19.4. The van der Waals surface area contributed by atoms with Crippen molar-refractivity contribution in [1.82, 2.24) is 0 Å². The number of halogens is 3. The van der Waals surface area contributed by atoms with E-state index in [1.54, 1.807) is 0 Å². The van der Waals surface area contributed by atoms with Crippen LogP contribution in [0.1, 0.15) is 22.3 Å². The third-order valence-electron chi connectivity index (χ3n) is 2.10. The zero-order valence-corrected chi connectivity index (χ0v) is 9.20. The monoisotopic (exact) mass is 264 g/mol. The zero-order chi connectivity index (χ0) is 13.8. The number of aliphatic hydroxyl groups is 1. The largest absolute Gasteiger partial charge is 0.493 e. The van der Waals surface area contributed by atoms with Crippen LogP contribution in [0.4, 0.5) is 13.2 Å². The number of aliphatic hydroxyl groups excluding tert-OH is 1. The van der Waals surface area contributed by atoms with Crippen LogP contribution in [0.2, 0.25) is 0 Å². The third kappa shape index (κ3) is 3.63. The Bertz CT molecular complexity index is 429. The van der Waals surface area contributed by atoms with Crippen molar-refractivity contribution in [2.24, 2.45) is 0 Å². The summed E-state index contributed by atoms with van der Waals surface area (Å²) >= 11 is 0. The number of benzene rings is 1. The summed E-state index contributed by atoms with van der Waals surface area (Å²) in [6, 6.07) is 2.53. The van der Waals surface area contributed by atoms with Crippen molar-refractivity contribution in [1.29, 1.82) is 0 Å². The summed E-state index contributed by atoms with van der Waals surface area (Å²) in [6.45, 7) is -0.0205. The molecule has 7 heteroatoms. The fourth-order valence-corrected chi connectivity index (χ4v) is 1.29. The maximum atomic E-state index is 12.5. The molecule has 4 nitrogen and oxygen atoms in total. The number of hydrogen-bond donors (Lipinski definition) is 2. The van der Waals surface area contributed by atoms with Gasteiger partial charge in [0.2, 0.25) is 0 Å². The Morgan fingerprint density at radius 3 is 2.50 bits per heavy atom. The van der Waals surface area contributed by atoms with Crippen molar-refractivity contribution in [2.75, 3.05) is 13.2 Å². The molecule has 0 aliphatic heterocycles. The Balaban J connectivity index is 3.01. The Labute approximate surface area is 101 Å². The van der Waals surface area contributed by atoms with E-state index in [1.165, 1.54) is 0 Å². The van der Waals surface area contributed by atoms with Gasteiger partial charge in [0.05, 0.1) is 17.7 Å². The van der Waals surface area contributed by atoms with Crippen LogP contribution >= 0.6 is 0 Å². The standard InChI is InChI=1S/C11H11F3O4/c12-11(13,14)9-3-2-7(18-5-1-4-15)6-8(9)10(16)17/h2-3,6,15H,1,4-5H2,(H,16,17). The summed E-state index contributed by atoms with van der Waals surface area (Å²) < 4.78 is 42.5. The Morgan fingerprint density at radius 1 is 1.33 bits per heavy atom. The minimum Gasteiger partial charge on any atom is -0.493 e. The topological polar surface area (TPSA) is 66.8 Å². The summed E-state index contributed by atoms with van der Waals surface area (Å²) in [5.41, 5.74) is -2.08. The van der Waals surface area contributed by atoms with Crippen LogP contribution in [-0.4, -0.2) is 29.4 Å². The van der Waals surface area contributed by atoms with Gasteiger partial charge in [0.1, 0.15) is 5.75 Å². The highest BCUT2D eigenvalue weighted by Crippen LogP contribution is 2.33. The van der Waals surface area contributed by atoms with Gasteiger partial charge in [-0.25, -0.2) is 4.79 Å². The molecule has 0 aliphatic rings. The fourth-order valence-electron chi connectivity index (χ4n) is 1.29. The molecule has 0 atom stereocenters. The molecule has 0 aromatic heterocycles. The molecular weight excluding hydrogens is 253 g/mol. The maximum absolute atomic E-state index is 12.5. The van der Waals surface area contributed by atoms with Crippen LogP contribution in [0, 0.1) is 0 Å². The van der Waals surface area contributed by atoms with E-state index in [-0.39, 0.29) is 19.0 Å². The lowest BCUT2D eigenvalue weighted by Gasteiger charge is -2.12. The molecule has 1 aromatic rings. The van der Waals surface area contributed by atoms with Crippen molar-refractivity contribution in [3.63, 3.8) is 0 Å². The molecule has 18 heavy (non-hydrogen) atoms. The van der Waals surface area contributed by atoms with E-state index in [4.69, 9.17) is 14.9 Å². The molecule has 0 spiro atoms. The SMILES string of the molecule is O=C(O)c1cc(OCCCO)ccc1C(F)(F)F. The molecule has 2 N–H and O–H groups in total. The van der Waals surface area contributed by atoms with E-state index < -0.39 is 23.3 Å². The molecule has 0 saturated carbocycles. The van der Waals surface area contributed by atoms with Crippen LogP contribution in [0.3, 0.4) is 0 Å². The van der Waals surface area contributed by atoms with Gasteiger partial charge >= 0.3 is 12.1 Å². The van der Waals surface area contributed by atoms with Gasteiger partial charge < -0.3 is 14.9 Å². The van der Waals surface area contributed by atoms with Gasteiger partial charge in [-0.2, -0.15) is 13.2 Å². The normalized spacial score (nSPS) is 11.3. The van der Waals surface area contributed by atoms with Crippen molar-refractivity contribution in [3.05, 3.63) is 29.3 Å². The average molecular weight is 264 g/mol. The number of rotatable bonds is 5. The van der Waals surface area contributed by atoms with E-state index in [9.17, 15) is 18.0 Å². The van der Waals surface area contributed by atoms with Crippen LogP contribution in [0.15, 0.2) is 18.2 Å². The number of aromatic carboxylic acids is 1. The molecular formula is C11H11F3O4. The predicted octanol–water partition coefficient (Wildman–Crippen LogP) is 2.16. The number of carboxylic acids is 1. The molecule has 1 rings (SSSR count). The summed E-state index contributed by atoms with van der Waals surface area (Å²) in [7, 11) is 0. The molecule has 100 valence electrons. The third-order valence-corrected chi connectivity index (χ3v) is 2.10. The number of ether oxygens (including phenoxy) is 1. The van der Waals surface area contributed by atoms with E-state index >= 15 is 0 Å². The van der Waals surface area contributed by atoms with E-state index in [1.807, 2.05) is 0 Å². The van der Waals surface area contributed by atoms with Crippen molar-refractivity contribution in [3.8, 4) is 5.75 Å². The molecule has 0 aliphatic carbocycles. The quantitative estimate of drug-likeness (QED) is 0.800. The summed E-state index contributed by atoms with van der Waals surface area (Å²) in [4.78, 5) is 10.8. The Kier molecular flexibility index (Phi) is 4.55. The van der Waals surface area contributed by atoms with Gasteiger partial charge in [0, 0.05) is 13.0 Å².